The van der Waals surface area contributed by atoms with Crippen LogP contribution in [0.1, 0.15) is 29.8 Å². The van der Waals surface area contributed by atoms with E-state index in [1.807, 2.05) is 20.8 Å². The first-order chi connectivity index (χ1) is 13.8. The maximum atomic E-state index is 12.6. The summed E-state index contributed by atoms with van der Waals surface area (Å²) >= 11 is 0.388. The van der Waals surface area contributed by atoms with Crippen molar-refractivity contribution in [1.82, 2.24) is 5.32 Å². The van der Waals surface area contributed by atoms with Gasteiger partial charge in [-0.15, -0.1) is 0 Å². The molecule has 2 rings (SSSR count). The fourth-order valence-corrected chi connectivity index (χ4v) is 3.14. The van der Waals surface area contributed by atoms with E-state index < -0.39 is 5.76 Å². The van der Waals surface area contributed by atoms with Crippen molar-refractivity contribution in [3.05, 3.63) is 53.6 Å². The highest BCUT2D eigenvalue weighted by atomic mass is 32.2. The van der Waals surface area contributed by atoms with Crippen LogP contribution in [0.3, 0.4) is 0 Å². The molecular weight excluding hydrogens is 396 g/mol. The van der Waals surface area contributed by atoms with E-state index >= 15 is 0 Å². The second-order valence-electron chi connectivity index (χ2n) is 6.91. The first kappa shape index (κ1) is 22.7. The molecule has 0 aromatic heterocycles. The zero-order chi connectivity index (χ0) is 21.4. The molecule has 29 heavy (non-hydrogen) atoms. The van der Waals surface area contributed by atoms with Gasteiger partial charge in [-0.1, -0.05) is 37.7 Å². The Morgan fingerprint density at radius 3 is 2.45 bits per heavy atom. The number of hydrogen-bond donors (Lipinski definition) is 3. The average molecular weight is 422 g/mol. The van der Waals surface area contributed by atoms with Crippen LogP contribution < -0.4 is 16.0 Å². The van der Waals surface area contributed by atoms with Crippen LogP contribution in [0.5, 0.6) is 0 Å². The number of carbonyl (C=O) groups is 2. The zero-order valence-corrected chi connectivity index (χ0v) is 17.4. The summed E-state index contributed by atoms with van der Waals surface area (Å²) in [6, 6.07) is 11.6. The third-order valence-electron chi connectivity index (χ3n) is 3.98. The molecule has 2 aromatic rings. The molecular formula is C21H25F2N3O2S. The van der Waals surface area contributed by atoms with E-state index in [0.717, 1.165) is 11.3 Å². The summed E-state index contributed by atoms with van der Waals surface area (Å²) < 4.78 is 25.3. The van der Waals surface area contributed by atoms with Crippen molar-refractivity contribution in [1.29, 1.82) is 0 Å². The van der Waals surface area contributed by atoms with Gasteiger partial charge in [0.15, 0.2) is 0 Å². The predicted molar refractivity (Wildman–Crippen MR) is 114 cm³/mol. The SMILES string of the molecule is Cc1cc(C(=O)NCC(C)C)ccc1NCC(=O)Nc1ccccc1SC(F)F. The molecule has 0 saturated heterocycles. The van der Waals surface area contributed by atoms with Gasteiger partial charge in [-0.2, -0.15) is 8.78 Å². The third-order valence-corrected chi connectivity index (χ3v) is 4.76. The second-order valence-corrected chi connectivity index (χ2v) is 7.94. The van der Waals surface area contributed by atoms with Gasteiger partial charge in [0, 0.05) is 22.7 Å². The molecule has 0 aliphatic carbocycles. The average Bonchev–Trinajstić information content (AvgIpc) is 2.66. The van der Waals surface area contributed by atoms with E-state index in [-0.39, 0.29) is 18.4 Å². The Bertz CT molecular complexity index is 860. The molecule has 0 atom stereocenters. The summed E-state index contributed by atoms with van der Waals surface area (Å²) in [5.41, 5.74) is 2.44. The van der Waals surface area contributed by atoms with Gasteiger partial charge in [0.2, 0.25) is 5.91 Å². The van der Waals surface area contributed by atoms with Crippen molar-refractivity contribution < 1.29 is 18.4 Å². The molecule has 0 spiro atoms. The smallest absolute Gasteiger partial charge is 0.288 e. The van der Waals surface area contributed by atoms with Crippen molar-refractivity contribution in [2.45, 2.75) is 31.4 Å². The Hall–Kier alpha value is -2.61. The van der Waals surface area contributed by atoms with Crippen molar-refractivity contribution in [3.63, 3.8) is 0 Å². The number of anilines is 2. The lowest BCUT2D eigenvalue weighted by Crippen LogP contribution is -2.27. The maximum absolute atomic E-state index is 12.6. The monoisotopic (exact) mass is 421 g/mol. The quantitative estimate of drug-likeness (QED) is 0.511. The number of carbonyl (C=O) groups excluding carboxylic acids is 2. The van der Waals surface area contributed by atoms with Gasteiger partial charge in [0.1, 0.15) is 0 Å². The summed E-state index contributed by atoms with van der Waals surface area (Å²) in [4.78, 5) is 24.7. The summed E-state index contributed by atoms with van der Waals surface area (Å²) in [5.74, 6) is -2.70. The highest BCUT2D eigenvalue weighted by Gasteiger charge is 2.12. The minimum absolute atomic E-state index is 0.0343. The van der Waals surface area contributed by atoms with Crippen LogP contribution >= 0.6 is 11.8 Å². The van der Waals surface area contributed by atoms with Gasteiger partial charge < -0.3 is 16.0 Å². The minimum Gasteiger partial charge on any atom is -0.376 e. The highest BCUT2D eigenvalue weighted by molar-refractivity contribution is 7.99. The van der Waals surface area contributed by atoms with E-state index in [4.69, 9.17) is 0 Å². The van der Waals surface area contributed by atoms with Crippen LogP contribution in [0.25, 0.3) is 0 Å². The lowest BCUT2D eigenvalue weighted by atomic mass is 10.1. The number of hydrogen-bond acceptors (Lipinski definition) is 4. The van der Waals surface area contributed by atoms with Gasteiger partial charge in [0.05, 0.1) is 12.2 Å². The number of amides is 2. The van der Waals surface area contributed by atoms with Gasteiger partial charge >= 0.3 is 0 Å². The van der Waals surface area contributed by atoms with Gasteiger partial charge in [-0.3, -0.25) is 9.59 Å². The predicted octanol–water partition coefficient (Wildman–Crippen LogP) is 4.75. The van der Waals surface area contributed by atoms with Crippen LogP contribution in [0.2, 0.25) is 0 Å². The van der Waals surface area contributed by atoms with Crippen LogP contribution in [0.4, 0.5) is 20.2 Å². The van der Waals surface area contributed by atoms with E-state index in [9.17, 15) is 18.4 Å². The van der Waals surface area contributed by atoms with Gasteiger partial charge in [0.25, 0.3) is 11.7 Å². The molecule has 0 saturated carbocycles. The standard InChI is InChI=1S/C21H25F2N3O2S/c1-13(2)11-25-20(28)15-8-9-16(14(3)10-15)24-12-19(27)26-17-6-4-5-7-18(17)29-21(22)23/h4-10,13,21,24H,11-12H2,1-3H3,(H,25,28)(H,26,27). The molecule has 0 fully saturated rings. The van der Waals surface area contributed by atoms with E-state index in [2.05, 4.69) is 16.0 Å². The molecule has 3 N–H and O–H groups in total. The third kappa shape index (κ3) is 7.38. The number of alkyl halides is 2. The van der Waals surface area contributed by atoms with Crippen molar-refractivity contribution in [2.24, 2.45) is 5.92 Å². The van der Waals surface area contributed by atoms with Crippen LogP contribution in [-0.4, -0.2) is 30.7 Å². The first-order valence-electron chi connectivity index (χ1n) is 9.22. The van der Waals surface area contributed by atoms with Crippen molar-refractivity contribution >= 4 is 35.0 Å². The highest BCUT2D eigenvalue weighted by Crippen LogP contribution is 2.31. The lowest BCUT2D eigenvalue weighted by molar-refractivity contribution is -0.114. The second kappa shape index (κ2) is 10.8. The zero-order valence-electron chi connectivity index (χ0n) is 16.6. The lowest BCUT2D eigenvalue weighted by Gasteiger charge is -2.13. The van der Waals surface area contributed by atoms with Gasteiger partial charge in [-0.25, -0.2) is 0 Å². The van der Waals surface area contributed by atoms with E-state index in [1.165, 1.54) is 6.07 Å². The Labute approximate surface area is 173 Å². The van der Waals surface area contributed by atoms with Crippen molar-refractivity contribution in [2.75, 3.05) is 23.7 Å². The molecule has 156 valence electrons. The Kier molecular flexibility index (Phi) is 8.45. The minimum atomic E-state index is -2.56. The van der Waals surface area contributed by atoms with Crippen LogP contribution in [-0.2, 0) is 4.79 Å². The molecule has 2 aromatic carbocycles. The molecule has 5 nitrogen and oxygen atoms in total. The number of benzene rings is 2. The maximum Gasteiger partial charge on any atom is 0.288 e. The number of rotatable bonds is 9. The molecule has 8 heteroatoms. The largest absolute Gasteiger partial charge is 0.376 e. The first-order valence-corrected chi connectivity index (χ1v) is 10.1. The number of thioether (sulfide) groups is 1. The molecule has 2 amide bonds. The fourth-order valence-electron chi connectivity index (χ4n) is 2.54. The van der Waals surface area contributed by atoms with Crippen LogP contribution in [0.15, 0.2) is 47.4 Å². The van der Waals surface area contributed by atoms with E-state index in [1.54, 1.807) is 36.4 Å². The summed E-state index contributed by atoms with van der Waals surface area (Å²) in [7, 11) is 0. The molecule has 0 aliphatic heterocycles. The summed E-state index contributed by atoms with van der Waals surface area (Å²) in [6.07, 6.45) is 0. The Morgan fingerprint density at radius 1 is 1.07 bits per heavy atom. The number of nitrogens with one attached hydrogen (secondary N) is 3. The summed E-state index contributed by atoms with van der Waals surface area (Å²) in [6.45, 7) is 6.45. The molecule has 0 radical (unpaired) electrons. The van der Waals surface area contributed by atoms with Gasteiger partial charge in [-0.05, 0) is 48.7 Å². The number of para-hydroxylation sites is 1. The topological polar surface area (TPSA) is 70.2 Å². The Morgan fingerprint density at radius 2 is 1.79 bits per heavy atom. The number of aryl methyl sites for hydroxylation is 1. The number of halogens is 2. The fraction of sp³-hybridized carbons (Fsp3) is 0.333. The summed E-state index contributed by atoms with van der Waals surface area (Å²) in [5, 5.41) is 8.52. The normalized spacial score (nSPS) is 10.9. The molecule has 0 aliphatic rings. The molecule has 0 heterocycles. The molecule has 0 unspecified atom stereocenters. The molecule has 0 bridgehead atoms. The van der Waals surface area contributed by atoms with Crippen molar-refractivity contribution in [3.8, 4) is 0 Å². The van der Waals surface area contributed by atoms with E-state index in [0.29, 0.717) is 40.4 Å². The van der Waals surface area contributed by atoms with Crippen LogP contribution in [0, 0.1) is 12.8 Å². The Balaban J connectivity index is 1.94.